The number of nitrogens with zero attached hydrogens (tertiary/aromatic N) is 1. The van der Waals surface area contributed by atoms with E-state index in [4.69, 9.17) is 5.73 Å². The predicted octanol–water partition coefficient (Wildman–Crippen LogP) is 1.91. The molecule has 0 spiro atoms. The third kappa shape index (κ3) is 2.54. The molecule has 2 nitrogen and oxygen atoms in total. The average Bonchev–Trinajstić information content (AvgIpc) is 2.30. The lowest BCUT2D eigenvalue weighted by molar-refractivity contribution is 0.117. The predicted molar refractivity (Wildman–Crippen MR) is 65.4 cm³/mol. The SMILES string of the molecule is CC(C)N1C[C@@H]2CC[C@@H](C1)C2N.Cl.Cl. The van der Waals surface area contributed by atoms with Crippen LogP contribution in [0.25, 0.3) is 0 Å². The van der Waals surface area contributed by atoms with Gasteiger partial charge in [-0.3, -0.25) is 0 Å². The first-order chi connectivity index (χ1) is 5.68. The van der Waals surface area contributed by atoms with Crippen LogP contribution in [0.3, 0.4) is 0 Å². The third-order valence-corrected chi connectivity index (χ3v) is 3.67. The van der Waals surface area contributed by atoms with Gasteiger partial charge in [-0.05, 0) is 38.5 Å². The number of nitrogens with two attached hydrogens (primary N) is 1. The standard InChI is InChI=1S/C10H20N2.2ClH/c1-7(2)12-5-8-3-4-9(6-12)10(8)11;;/h7-10H,3-6,11H2,1-2H3;2*1H/t8-,9-;;/m0../s1. The van der Waals surface area contributed by atoms with Crippen LogP contribution < -0.4 is 5.73 Å². The first kappa shape index (κ1) is 14.5. The van der Waals surface area contributed by atoms with Crippen LogP contribution in [0.2, 0.25) is 0 Å². The molecule has 0 amide bonds. The van der Waals surface area contributed by atoms with Gasteiger partial charge in [0.15, 0.2) is 0 Å². The zero-order valence-corrected chi connectivity index (χ0v) is 10.6. The maximum atomic E-state index is 6.12. The van der Waals surface area contributed by atoms with Gasteiger partial charge in [-0.25, -0.2) is 0 Å². The largest absolute Gasteiger partial charge is 0.327 e. The van der Waals surface area contributed by atoms with Crippen molar-refractivity contribution in [3.05, 3.63) is 0 Å². The number of fused-ring (bicyclic) bond motifs is 2. The molecule has 0 aromatic heterocycles. The maximum Gasteiger partial charge on any atom is 0.0120 e. The molecule has 0 aromatic rings. The number of rotatable bonds is 1. The fourth-order valence-electron chi connectivity index (χ4n) is 2.72. The van der Waals surface area contributed by atoms with E-state index in [0.717, 1.165) is 11.8 Å². The number of likely N-dealkylation sites (tertiary alicyclic amines) is 1. The fourth-order valence-corrected chi connectivity index (χ4v) is 2.72. The van der Waals surface area contributed by atoms with Crippen molar-refractivity contribution in [1.82, 2.24) is 4.90 Å². The summed E-state index contributed by atoms with van der Waals surface area (Å²) in [6, 6.07) is 1.22. The van der Waals surface area contributed by atoms with E-state index in [2.05, 4.69) is 18.7 Å². The van der Waals surface area contributed by atoms with Gasteiger partial charge in [-0.1, -0.05) is 0 Å². The molecule has 4 heteroatoms. The highest BCUT2D eigenvalue weighted by Gasteiger charge is 2.40. The van der Waals surface area contributed by atoms with Gasteiger partial charge in [0.25, 0.3) is 0 Å². The lowest BCUT2D eigenvalue weighted by atomic mass is 9.92. The van der Waals surface area contributed by atoms with Gasteiger partial charge in [0.05, 0.1) is 0 Å². The fraction of sp³-hybridized carbons (Fsp3) is 1.00. The second-order valence-corrected chi connectivity index (χ2v) is 4.72. The Hall–Kier alpha value is 0.500. The molecule has 1 aliphatic heterocycles. The van der Waals surface area contributed by atoms with Gasteiger partial charge in [0.2, 0.25) is 0 Å². The molecule has 0 radical (unpaired) electrons. The molecule has 1 saturated heterocycles. The van der Waals surface area contributed by atoms with Crippen molar-refractivity contribution in [3.63, 3.8) is 0 Å². The van der Waals surface area contributed by atoms with Crippen LogP contribution in [0.4, 0.5) is 0 Å². The average molecular weight is 241 g/mol. The molecule has 1 saturated carbocycles. The highest BCUT2D eigenvalue weighted by Crippen LogP contribution is 2.36. The van der Waals surface area contributed by atoms with Crippen LogP contribution in [-0.2, 0) is 0 Å². The van der Waals surface area contributed by atoms with E-state index in [-0.39, 0.29) is 24.8 Å². The van der Waals surface area contributed by atoms with Crippen molar-refractivity contribution in [3.8, 4) is 0 Å². The zero-order valence-electron chi connectivity index (χ0n) is 8.98. The zero-order chi connectivity index (χ0) is 8.72. The molecule has 2 fully saturated rings. The van der Waals surface area contributed by atoms with Gasteiger partial charge in [-0.2, -0.15) is 0 Å². The Balaban J connectivity index is 0.000000845. The number of hydrogen-bond donors (Lipinski definition) is 1. The van der Waals surface area contributed by atoms with Crippen LogP contribution in [-0.4, -0.2) is 30.1 Å². The van der Waals surface area contributed by atoms with Gasteiger partial charge in [0.1, 0.15) is 0 Å². The molecule has 14 heavy (non-hydrogen) atoms. The second kappa shape index (κ2) is 5.55. The van der Waals surface area contributed by atoms with E-state index >= 15 is 0 Å². The Labute approximate surface area is 99.4 Å². The Kier molecular flexibility index (Phi) is 5.75. The van der Waals surface area contributed by atoms with Crippen molar-refractivity contribution in [1.29, 1.82) is 0 Å². The molecule has 2 rings (SSSR count). The topological polar surface area (TPSA) is 29.3 Å². The molecule has 1 heterocycles. The Bertz CT molecular complexity index is 162. The number of piperidine rings is 1. The summed E-state index contributed by atoms with van der Waals surface area (Å²) in [5, 5.41) is 0. The Morgan fingerprint density at radius 3 is 1.86 bits per heavy atom. The van der Waals surface area contributed by atoms with Crippen molar-refractivity contribution >= 4 is 24.8 Å². The Morgan fingerprint density at radius 2 is 1.50 bits per heavy atom. The van der Waals surface area contributed by atoms with Gasteiger partial charge in [-0.15, -0.1) is 24.8 Å². The molecule has 0 aromatic carbocycles. The molecule has 0 unspecified atom stereocenters. The minimum atomic E-state index is 0. The summed E-state index contributed by atoms with van der Waals surface area (Å²) in [5.74, 6) is 1.59. The summed E-state index contributed by atoms with van der Waals surface area (Å²) in [5.41, 5.74) is 6.12. The van der Waals surface area contributed by atoms with Crippen molar-refractivity contribution in [2.24, 2.45) is 17.6 Å². The monoisotopic (exact) mass is 240 g/mol. The van der Waals surface area contributed by atoms with Crippen LogP contribution >= 0.6 is 24.8 Å². The lowest BCUT2D eigenvalue weighted by Gasteiger charge is -2.38. The number of hydrogen-bond acceptors (Lipinski definition) is 2. The van der Waals surface area contributed by atoms with Crippen LogP contribution in [0.1, 0.15) is 26.7 Å². The normalized spacial score (nSPS) is 36.4. The highest BCUT2D eigenvalue weighted by atomic mass is 35.5. The summed E-state index contributed by atoms with van der Waals surface area (Å²) >= 11 is 0. The molecule has 2 aliphatic rings. The quantitative estimate of drug-likeness (QED) is 0.759. The molecule has 2 atom stereocenters. The molecule has 86 valence electrons. The van der Waals surface area contributed by atoms with Crippen molar-refractivity contribution < 1.29 is 0 Å². The van der Waals surface area contributed by atoms with Crippen molar-refractivity contribution in [2.75, 3.05) is 13.1 Å². The summed E-state index contributed by atoms with van der Waals surface area (Å²) in [6.07, 6.45) is 2.74. The second-order valence-electron chi connectivity index (χ2n) is 4.72. The van der Waals surface area contributed by atoms with E-state index in [1.54, 1.807) is 0 Å². The van der Waals surface area contributed by atoms with E-state index < -0.39 is 0 Å². The van der Waals surface area contributed by atoms with E-state index in [1.165, 1.54) is 25.9 Å². The molecule has 2 N–H and O–H groups in total. The summed E-state index contributed by atoms with van der Waals surface area (Å²) < 4.78 is 0. The van der Waals surface area contributed by atoms with E-state index in [9.17, 15) is 0 Å². The lowest BCUT2D eigenvalue weighted by Crippen LogP contribution is -2.50. The third-order valence-electron chi connectivity index (χ3n) is 3.67. The van der Waals surface area contributed by atoms with Crippen molar-refractivity contribution in [2.45, 2.75) is 38.8 Å². The minimum absolute atomic E-state index is 0. The smallest absolute Gasteiger partial charge is 0.0120 e. The molecular weight excluding hydrogens is 219 g/mol. The van der Waals surface area contributed by atoms with Gasteiger partial charge in [0, 0.05) is 25.2 Å². The van der Waals surface area contributed by atoms with Crippen LogP contribution in [0, 0.1) is 11.8 Å². The van der Waals surface area contributed by atoms with E-state index in [0.29, 0.717) is 12.1 Å². The number of halogens is 2. The summed E-state index contributed by atoms with van der Waals surface area (Å²) in [6.45, 7) is 7.07. The first-order valence-electron chi connectivity index (χ1n) is 5.18. The minimum Gasteiger partial charge on any atom is -0.327 e. The maximum absolute atomic E-state index is 6.12. The van der Waals surface area contributed by atoms with Gasteiger partial charge < -0.3 is 10.6 Å². The first-order valence-corrected chi connectivity index (χ1v) is 5.18. The molecular formula is C10H22Cl2N2. The van der Waals surface area contributed by atoms with Crippen LogP contribution in [0.5, 0.6) is 0 Å². The Morgan fingerprint density at radius 1 is 1.07 bits per heavy atom. The van der Waals surface area contributed by atoms with Gasteiger partial charge >= 0.3 is 0 Å². The highest BCUT2D eigenvalue weighted by molar-refractivity contribution is 5.85. The van der Waals surface area contributed by atoms with E-state index in [1.807, 2.05) is 0 Å². The summed E-state index contributed by atoms with van der Waals surface area (Å²) in [7, 11) is 0. The molecule has 2 bridgehead atoms. The van der Waals surface area contributed by atoms with Crippen LogP contribution in [0.15, 0.2) is 0 Å². The summed E-state index contributed by atoms with van der Waals surface area (Å²) in [4.78, 5) is 2.59. The molecule has 1 aliphatic carbocycles.